The number of benzene rings is 1. The van der Waals surface area contributed by atoms with Crippen molar-refractivity contribution in [2.24, 2.45) is 0 Å². The molecule has 0 saturated heterocycles. The molecule has 2 aromatic rings. The van der Waals surface area contributed by atoms with Crippen molar-refractivity contribution in [2.45, 2.75) is 32.5 Å². The first-order valence-corrected chi connectivity index (χ1v) is 8.35. The second kappa shape index (κ2) is 6.25. The van der Waals surface area contributed by atoms with Gasteiger partial charge in [-0.05, 0) is 37.8 Å². The maximum absolute atomic E-state index is 13.4. The third-order valence-corrected chi connectivity index (χ3v) is 4.53. The first-order valence-electron chi connectivity index (χ1n) is 6.95. The van der Waals surface area contributed by atoms with E-state index in [1.807, 2.05) is 24.7 Å². The number of nitriles is 1. The van der Waals surface area contributed by atoms with Gasteiger partial charge >= 0.3 is 6.18 Å². The minimum atomic E-state index is -4.54. The molecule has 1 atom stereocenters. The Balaban J connectivity index is 2.79. The third kappa shape index (κ3) is 2.82. The number of aryl methyl sites for hydroxylation is 1. The first kappa shape index (κ1) is 16.8. The van der Waals surface area contributed by atoms with Gasteiger partial charge in [-0.1, -0.05) is 6.92 Å². The quantitative estimate of drug-likeness (QED) is 0.777. The van der Waals surface area contributed by atoms with Crippen molar-refractivity contribution in [3.63, 3.8) is 0 Å². The Labute approximate surface area is 131 Å². The highest BCUT2D eigenvalue weighted by Gasteiger charge is 2.36. The first-order chi connectivity index (χ1) is 10.3. The lowest BCUT2D eigenvalue weighted by molar-refractivity contribution is -0.136. The van der Waals surface area contributed by atoms with Crippen molar-refractivity contribution in [1.29, 1.82) is 5.26 Å². The van der Waals surface area contributed by atoms with E-state index < -0.39 is 11.7 Å². The summed E-state index contributed by atoms with van der Waals surface area (Å²) in [4.78, 5) is 0. The highest BCUT2D eigenvalue weighted by Crippen LogP contribution is 2.39. The zero-order chi connectivity index (χ0) is 16.5. The van der Waals surface area contributed by atoms with Crippen LogP contribution in [-0.2, 0) is 6.18 Å². The lowest BCUT2D eigenvalue weighted by Gasteiger charge is -2.20. The van der Waals surface area contributed by atoms with Crippen molar-refractivity contribution < 1.29 is 13.2 Å². The van der Waals surface area contributed by atoms with Crippen molar-refractivity contribution in [3.05, 3.63) is 35.0 Å². The van der Waals surface area contributed by atoms with Gasteiger partial charge in [-0.2, -0.15) is 30.2 Å². The Morgan fingerprint density at radius 2 is 2.05 bits per heavy atom. The molecule has 0 aliphatic rings. The molecule has 1 aromatic heterocycles. The number of rotatable bonds is 4. The molecule has 0 fully saturated rings. The predicted octanol–water partition coefficient (Wildman–Crippen LogP) is 5.15. The summed E-state index contributed by atoms with van der Waals surface area (Å²) in [6, 6.07) is 6.24. The molecule has 1 heterocycles. The van der Waals surface area contributed by atoms with E-state index >= 15 is 0 Å². The van der Waals surface area contributed by atoms with Crippen molar-refractivity contribution in [1.82, 2.24) is 4.57 Å². The number of fused-ring (bicyclic) bond motifs is 1. The Morgan fingerprint density at radius 3 is 2.55 bits per heavy atom. The molecule has 0 amide bonds. The molecule has 6 heteroatoms. The molecule has 1 unspecified atom stereocenters. The van der Waals surface area contributed by atoms with Crippen LogP contribution in [0.3, 0.4) is 0 Å². The van der Waals surface area contributed by atoms with Gasteiger partial charge in [0, 0.05) is 28.4 Å². The van der Waals surface area contributed by atoms with E-state index in [1.54, 1.807) is 30.0 Å². The molecular formula is C16H17F3N2S. The van der Waals surface area contributed by atoms with Gasteiger partial charge in [-0.3, -0.25) is 0 Å². The summed E-state index contributed by atoms with van der Waals surface area (Å²) in [7, 11) is 0. The Morgan fingerprint density at radius 1 is 1.36 bits per heavy atom. The van der Waals surface area contributed by atoms with Gasteiger partial charge in [0.05, 0.1) is 17.2 Å². The number of aromatic nitrogens is 1. The highest BCUT2D eigenvalue weighted by molar-refractivity contribution is 7.98. The molecule has 22 heavy (non-hydrogen) atoms. The van der Waals surface area contributed by atoms with E-state index in [0.717, 1.165) is 17.9 Å². The summed E-state index contributed by atoms with van der Waals surface area (Å²) in [5, 5.41) is 9.11. The molecule has 0 bridgehead atoms. The van der Waals surface area contributed by atoms with E-state index in [9.17, 15) is 13.2 Å². The minimum absolute atomic E-state index is 0.114. The third-order valence-electron chi connectivity index (χ3n) is 3.81. The number of hydrogen-bond acceptors (Lipinski definition) is 2. The van der Waals surface area contributed by atoms with Gasteiger partial charge < -0.3 is 4.57 Å². The summed E-state index contributed by atoms with van der Waals surface area (Å²) >= 11 is 1.67. The molecular weight excluding hydrogens is 309 g/mol. The lowest BCUT2D eigenvalue weighted by Crippen LogP contribution is -2.13. The monoisotopic (exact) mass is 326 g/mol. The van der Waals surface area contributed by atoms with Gasteiger partial charge in [0.25, 0.3) is 0 Å². The van der Waals surface area contributed by atoms with E-state index in [0.29, 0.717) is 5.52 Å². The van der Waals surface area contributed by atoms with Gasteiger partial charge in [0.15, 0.2) is 0 Å². The summed E-state index contributed by atoms with van der Waals surface area (Å²) in [5.41, 5.74) is 0.185. The van der Waals surface area contributed by atoms with E-state index in [1.165, 1.54) is 6.07 Å². The summed E-state index contributed by atoms with van der Waals surface area (Å²) in [6.45, 7) is 3.84. The number of nitrogens with zero attached hydrogens (tertiary/aromatic N) is 2. The number of hydrogen-bond donors (Lipinski definition) is 0. The average molecular weight is 326 g/mol. The molecule has 1 aromatic carbocycles. The second-order valence-corrected chi connectivity index (χ2v) is 6.11. The van der Waals surface area contributed by atoms with Crippen LogP contribution in [0.2, 0.25) is 0 Å². The van der Waals surface area contributed by atoms with Crippen molar-refractivity contribution >= 4 is 22.7 Å². The fraction of sp³-hybridized carbons (Fsp3) is 0.438. The van der Waals surface area contributed by atoms with Gasteiger partial charge in [-0.25, -0.2) is 0 Å². The van der Waals surface area contributed by atoms with Crippen LogP contribution in [0.25, 0.3) is 10.9 Å². The largest absolute Gasteiger partial charge is 0.418 e. The molecule has 0 N–H and O–H groups in total. The molecule has 0 spiro atoms. The highest BCUT2D eigenvalue weighted by atomic mass is 32.2. The van der Waals surface area contributed by atoms with Crippen LogP contribution in [-0.4, -0.2) is 16.6 Å². The Kier molecular flexibility index (Phi) is 4.76. The van der Waals surface area contributed by atoms with Gasteiger partial charge in [0.1, 0.15) is 0 Å². The van der Waals surface area contributed by atoms with E-state index in [-0.39, 0.29) is 17.0 Å². The lowest BCUT2D eigenvalue weighted by atomic mass is 10.0. The Hall–Kier alpha value is -1.61. The average Bonchev–Trinajstić information content (AvgIpc) is 2.78. The fourth-order valence-corrected chi connectivity index (χ4v) is 3.65. The zero-order valence-corrected chi connectivity index (χ0v) is 13.5. The fourth-order valence-electron chi connectivity index (χ4n) is 2.88. The van der Waals surface area contributed by atoms with Gasteiger partial charge in [-0.15, -0.1) is 0 Å². The van der Waals surface area contributed by atoms with Crippen LogP contribution < -0.4 is 0 Å². The number of halogens is 3. The van der Waals surface area contributed by atoms with Crippen LogP contribution >= 0.6 is 11.8 Å². The molecule has 118 valence electrons. The zero-order valence-electron chi connectivity index (χ0n) is 12.7. The van der Waals surface area contributed by atoms with Crippen LogP contribution in [0, 0.1) is 18.3 Å². The van der Waals surface area contributed by atoms with E-state index in [4.69, 9.17) is 5.26 Å². The normalized spacial score (nSPS) is 13.3. The standard InChI is InChI=1S/C16H17F3N2S/c1-4-12(9-22-3)21-10(2)7-13-14(21)6-5-11(8-20)15(13)16(17,18)19/h5-7,12H,4,9H2,1-3H3. The predicted molar refractivity (Wildman–Crippen MR) is 84.1 cm³/mol. The molecule has 0 aliphatic carbocycles. The summed E-state index contributed by atoms with van der Waals surface area (Å²) < 4.78 is 42.1. The molecule has 0 aliphatic heterocycles. The van der Waals surface area contributed by atoms with Crippen LogP contribution in [0.4, 0.5) is 13.2 Å². The van der Waals surface area contributed by atoms with Crippen molar-refractivity contribution in [3.8, 4) is 6.07 Å². The maximum Gasteiger partial charge on any atom is 0.418 e. The molecule has 2 rings (SSSR count). The van der Waals surface area contributed by atoms with Crippen LogP contribution in [0.5, 0.6) is 0 Å². The molecule has 2 nitrogen and oxygen atoms in total. The molecule has 0 saturated carbocycles. The summed E-state index contributed by atoms with van der Waals surface area (Å²) in [5.74, 6) is 0.836. The topological polar surface area (TPSA) is 28.7 Å². The van der Waals surface area contributed by atoms with E-state index in [2.05, 4.69) is 0 Å². The van der Waals surface area contributed by atoms with Gasteiger partial charge in [0.2, 0.25) is 0 Å². The van der Waals surface area contributed by atoms with Crippen molar-refractivity contribution in [2.75, 3.05) is 12.0 Å². The molecule has 0 radical (unpaired) electrons. The van der Waals surface area contributed by atoms with Crippen LogP contribution in [0.15, 0.2) is 18.2 Å². The maximum atomic E-state index is 13.4. The SMILES string of the molecule is CCC(CSC)n1c(C)cc2c(C(F)(F)F)c(C#N)ccc21. The minimum Gasteiger partial charge on any atom is -0.341 e. The number of thioether (sulfide) groups is 1. The number of alkyl halides is 3. The second-order valence-electron chi connectivity index (χ2n) is 5.20. The van der Waals surface area contributed by atoms with Crippen LogP contribution in [0.1, 0.15) is 36.2 Å². The smallest absolute Gasteiger partial charge is 0.341 e. The summed E-state index contributed by atoms with van der Waals surface area (Å²) in [6.07, 6.45) is -1.71. The Bertz CT molecular complexity index is 726.